The molecule has 6 rings (SSSR count). The van der Waals surface area contributed by atoms with Crippen molar-refractivity contribution in [1.29, 1.82) is 0 Å². The van der Waals surface area contributed by atoms with Gasteiger partial charge >= 0.3 is 0 Å². The first kappa shape index (κ1) is 18.3. The Morgan fingerprint density at radius 3 is 2.46 bits per heavy atom. The SMILES string of the molecule is COCOc1ccccc1N1N(C2[C@H]3CC4C[C@H]2CC(O)(C4)C3)C(=O)C1(C)C. The molecule has 152 valence electrons. The predicted octanol–water partition coefficient (Wildman–Crippen LogP) is 2.95. The van der Waals surface area contributed by atoms with E-state index >= 15 is 0 Å². The molecule has 4 bridgehead atoms. The molecule has 0 radical (unpaired) electrons. The van der Waals surface area contributed by atoms with Crippen molar-refractivity contribution in [2.75, 3.05) is 18.9 Å². The number of amides is 1. The van der Waals surface area contributed by atoms with Crippen LogP contribution < -0.4 is 9.75 Å². The standard InChI is InChI=1S/C22H30N2O4/c1-21(2)20(25)23(24(21)17-6-4-5-7-18(17)28-13-27-3)19-15-8-14-9-16(19)12-22(26,10-14)11-15/h4-7,14-16,19,26H,8-13H2,1-3H3/t14?,15-,16-,19?,22?/m0/s1. The lowest BCUT2D eigenvalue weighted by Crippen LogP contribution is -2.81. The number of carbonyl (C=O) groups is 1. The summed E-state index contributed by atoms with van der Waals surface area (Å²) in [5.74, 6) is 2.27. The van der Waals surface area contributed by atoms with Crippen molar-refractivity contribution >= 4 is 11.6 Å². The van der Waals surface area contributed by atoms with Crippen LogP contribution in [0.1, 0.15) is 46.0 Å². The number of nitrogens with zero attached hydrogens (tertiary/aromatic N) is 2. The number of hydrogen-bond donors (Lipinski definition) is 1. The maximum Gasteiger partial charge on any atom is 0.268 e. The number of aliphatic hydroxyl groups is 1. The van der Waals surface area contributed by atoms with Gasteiger partial charge in [0.2, 0.25) is 0 Å². The summed E-state index contributed by atoms with van der Waals surface area (Å²) < 4.78 is 10.9. The molecule has 0 aromatic heterocycles. The minimum absolute atomic E-state index is 0.165. The summed E-state index contributed by atoms with van der Waals surface area (Å²) in [5, 5.41) is 15.0. The fourth-order valence-corrected chi connectivity index (χ4v) is 6.60. The fraction of sp³-hybridized carbons (Fsp3) is 0.682. The van der Waals surface area contributed by atoms with Gasteiger partial charge in [-0.1, -0.05) is 12.1 Å². The minimum atomic E-state index is -0.613. The Bertz CT molecular complexity index is 778. The fourth-order valence-electron chi connectivity index (χ4n) is 6.60. The number of hydrazine groups is 1. The zero-order chi connectivity index (χ0) is 19.7. The van der Waals surface area contributed by atoms with Crippen molar-refractivity contribution in [1.82, 2.24) is 5.01 Å². The smallest absolute Gasteiger partial charge is 0.268 e. The van der Waals surface area contributed by atoms with E-state index in [1.165, 1.54) is 0 Å². The van der Waals surface area contributed by atoms with Gasteiger partial charge in [0.1, 0.15) is 17.0 Å². The second-order valence-corrected chi connectivity index (χ2v) is 9.72. The first-order chi connectivity index (χ1) is 13.3. The molecule has 5 aliphatic rings. The summed E-state index contributed by atoms with van der Waals surface area (Å²) in [6.45, 7) is 4.12. The van der Waals surface area contributed by atoms with E-state index in [1.807, 2.05) is 43.1 Å². The van der Waals surface area contributed by atoms with Crippen LogP contribution >= 0.6 is 0 Å². The molecule has 1 saturated heterocycles. The Kier molecular flexibility index (Phi) is 3.98. The van der Waals surface area contributed by atoms with Crippen molar-refractivity contribution in [2.45, 2.75) is 63.1 Å². The van der Waals surface area contributed by atoms with Gasteiger partial charge in [0.05, 0.1) is 11.6 Å². The van der Waals surface area contributed by atoms with E-state index in [2.05, 4.69) is 5.01 Å². The third-order valence-corrected chi connectivity index (χ3v) is 7.38. The van der Waals surface area contributed by atoms with Crippen LogP contribution in [-0.2, 0) is 9.53 Å². The molecule has 1 N–H and O–H groups in total. The van der Waals surface area contributed by atoms with E-state index in [0.717, 1.165) is 43.5 Å². The van der Waals surface area contributed by atoms with Crippen LogP contribution in [-0.4, -0.2) is 47.1 Å². The summed E-state index contributed by atoms with van der Waals surface area (Å²) in [6, 6.07) is 8.02. The number of methoxy groups -OCH3 is 1. The molecule has 1 aromatic rings. The molecule has 2 atom stereocenters. The monoisotopic (exact) mass is 386 g/mol. The summed E-state index contributed by atoms with van der Waals surface area (Å²) in [4.78, 5) is 13.3. The molecule has 5 fully saturated rings. The van der Waals surface area contributed by atoms with Gasteiger partial charge in [-0.05, 0) is 75.8 Å². The van der Waals surface area contributed by atoms with Crippen LogP contribution in [0, 0.1) is 17.8 Å². The number of rotatable bonds is 5. The maximum absolute atomic E-state index is 13.3. The Labute approximate surface area is 166 Å². The largest absolute Gasteiger partial charge is 0.465 e. The molecular weight excluding hydrogens is 356 g/mol. The lowest BCUT2D eigenvalue weighted by Gasteiger charge is -2.67. The maximum atomic E-state index is 13.3. The van der Waals surface area contributed by atoms with Gasteiger partial charge in [-0.15, -0.1) is 0 Å². The third-order valence-electron chi connectivity index (χ3n) is 7.38. The number of hydrogen-bond acceptors (Lipinski definition) is 5. The van der Waals surface area contributed by atoms with Crippen molar-refractivity contribution < 1.29 is 19.4 Å². The lowest BCUT2D eigenvalue weighted by molar-refractivity contribution is -0.190. The molecule has 6 heteroatoms. The van der Waals surface area contributed by atoms with Crippen LogP contribution in [0.2, 0.25) is 0 Å². The molecule has 28 heavy (non-hydrogen) atoms. The lowest BCUT2D eigenvalue weighted by atomic mass is 9.52. The van der Waals surface area contributed by atoms with Crippen molar-refractivity contribution in [3.63, 3.8) is 0 Å². The number of anilines is 1. The Morgan fingerprint density at radius 2 is 1.82 bits per heavy atom. The van der Waals surface area contributed by atoms with Gasteiger partial charge in [0, 0.05) is 7.11 Å². The van der Waals surface area contributed by atoms with Crippen LogP contribution in [0.3, 0.4) is 0 Å². The normalized spacial score (nSPS) is 37.9. The van der Waals surface area contributed by atoms with E-state index in [9.17, 15) is 9.90 Å². The minimum Gasteiger partial charge on any atom is -0.465 e. The van der Waals surface area contributed by atoms with Crippen LogP contribution in [0.5, 0.6) is 5.75 Å². The van der Waals surface area contributed by atoms with Gasteiger partial charge in [-0.3, -0.25) is 9.80 Å². The topological polar surface area (TPSA) is 62.2 Å². The molecule has 1 amide bonds. The highest BCUT2D eigenvalue weighted by Gasteiger charge is 2.63. The average Bonchev–Trinajstić information content (AvgIpc) is 2.64. The molecule has 1 heterocycles. The summed E-state index contributed by atoms with van der Waals surface area (Å²) >= 11 is 0. The highest BCUT2D eigenvalue weighted by Crippen LogP contribution is 2.59. The molecule has 4 aliphatic carbocycles. The molecule has 0 spiro atoms. The summed E-state index contributed by atoms with van der Waals surface area (Å²) in [6.07, 6.45) is 4.85. The van der Waals surface area contributed by atoms with Gasteiger partial charge in [-0.25, -0.2) is 5.01 Å². The number of para-hydroxylation sites is 2. The van der Waals surface area contributed by atoms with Crippen LogP contribution in [0.25, 0.3) is 0 Å². The zero-order valence-electron chi connectivity index (χ0n) is 16.9. The van der Waals surface area contributed by atoms with Gasteiger partial charge in [0.25, 0.3) is 5.91 Å². The van der Waals surface area contributed by atoms with Crippen LogP contribution in [0.15, 0.2) is 24.3 Å². The van der Waals surface area contributed by atoms with Gasteiger partial charge < -0.3 is 14.6 Å². The quantitative estimate of drug-likeness (QED) is 0.789. The first-order valence-corrected chi connectivity index (χ1v) is 10.4. The molecule has 6 nitrogen and oxygen atoms in total. The van der Waals surface area contributed by atoms with Gasteiger partial charge in [-0.2, -0.15) is 0 Å². The van der Waals surface area contributed by atoms with Crippen molar-refractivity contribution in [2.24, 2.45) is 17.8 Å². The van der Waals surface area contributed by atoms with Gasteiger partial charge in [0.15, 0.2) is 6.79 Å². The van der Waals surface area contributed by atoms with E-state index in [4.69, 9.17) is 9.47 Å². The Balaban J connectivity index is 1.50. The Morgan fingerprint density at radius 1 is 1.14 bits per heavy atom. The third kappa shape index (κ3) is 2.50. The molecule has 0 unspecified atom stereocenters. The second kappa shape index (κ2) is 6.10. The predicted molar refractivity (Wildman–Crippen MR) is 105 cm³/mol. The van der Waals surface area contributed by atoms with E-state index in [-0.39, 0.29) is 18.7 Å². The van der Waals surface area contributed by atoms with E-state index in [0.29, 0.717) is 17.8 Å². The number of benzene rings is 1. The van der Waals surface area contributed by atoms with E-state index in [1.54, 1.807) is 7.11 Å². The highest BCUT2D eigenvalue weighted by molar-refractivity contribution is 5.98. The highest BCUT2D eigenvalue weighted by atomic mass is 16.7. The Hall–Kier alpha value is -1.79. The molecule has 1 aliphatic heterocycles. The number of carbonyl (C=O) groups excluding carboxylic acids is 1. The second-order valence-electron chi connectivity index (χ2n) is 9.72. The first-order valence-electron chi connectivity index (χ1n) is 10.4. The molecular formula is C22H30N2O4. The molecule has 4 saturated carbocycles. The van der Waals surface area contributed by atoms with Crippen molar-refractivity contribution in [3.05, 3.63) is 24.3 Å². The summed E-state index contributed by atoms with van der Waals surface area (Å²) in [7, 11) is 1.60. The van der Waals surface area contributed by atoms with Crippen LogP contribution in [0.4, 0.5) is 5.69 Å². The van der Waals surface area contributed by atoms with Crippen molar-refractivity contribution in [3.8, 4) is 5.75 Å². The summed E-state index contributed by atoms with van der Waals surface area (Å²) in [5.41, 5.74) is -0.213. The van der Waals surface area contributed by atoms with E-state index < -0.39 is 11.1 Å². The number of ether oxygens (including phenoxy) is 2. The molecule has 1 aromatic carbocycles. The average molecular weight is 386 g/mol. The zero-order valence-corrected chi connectivity index (χ0v) is 16.9.